The summed E-state index contributed by atoms with van der Waals surface area (Å²) in [6.07, 6.45) is 7.93. The van der Waals surface area contributed by atoms with E-state index in [0.29, 0.717) is 0 Å². The van der Waals surface area contributed by atoms with Crippen molar-refractivity contribution in [3.8, 4) is 5.69 Å². The van der Waals surface area contributed by atoms with Gasteiger partial charge in [0, 0.05) is 19.0 Å². The van der Waals surface area contributed by atoms with Gasteiger partial charge >= 0.3 is 5.69 Å². The third kappa shape index (κ3) is 3.55. The average Bonchev–Trinajstić information content (AvgIpc) is 3.32. The molecule has 1 unspecified atom stereocenters. The maximum Gasteiger partial charge on any atom is 0.347 e. The number of H-pyrrole nitrogens is 1. The maximum absolute atomic E-state index is 12.3. The predicted molar refractivity (Wildman–Crippen MR) is 100 cm³/mol. The average molecular weight is 350 g/mol. The van der Waals surface area contributed by atoms with E-state index >= 15 is 0 Å². The number of hydrogen-bond donors (Lipinski definition) is 1. The number of nitrogens with zero attached hydrogens (tertiary/aromatic N) is 3. The molecule has 1 atom stereocenters. The number of piperidine rings is 1. The van der Waals surface area contributed by atoms with Crippen LogP contribution in [0.15, 0.2) is 64.0 Å². The summed E-state index contributed by atoms with van der Waals surface area (Å²) in [6, 6.07) is 13.5. The Labute approximate surface area is 151 Å². The topological polar surface area (TPSA) is 67.1 Å². The minimum absolute atomic E-state index is 0.180. The van der Waals surface area contributed by atoms with Crippen molar-refractivity contribution in [2.75, 3.05) is 19.6 Å². The first-order valence-electron chi connectivity index (χ1n) is 8.96. The summed E-state index contributed by atoms with van der Waals surface area (Å²) in [7, 11) is 0. The Morgan fingerprint density at radius 3 is 2.92 bits per heavy atom. The summed E-state index contributed by atoms with van der Waals surface area (Å²) in [5.74, 6) is 1.92. The second kappa shape index (κ2) is 7.58. The van der Waals surface area contributed by atoms with Crippen molar-refractivity contribution in [3.63, 3.8) is 0 Å². The Morgan fingerprint density at radius 2 is 2.12 bits per heavy atom. The smallest absolute Gasteiger partial charge is 0.347 e. The molecule has 3 aromatic rings. The van der Waals surface area contributed by atoms with Gasteiger partial charge in [-0.25, -0.2) is 14.5 Å². The standard InChI is InChI=1S/C20H22N4O2/c25-20-22-21-19(24(20)17-8-2-1-3-9-17)16-7-4-12-23(15-16)13-5-10-18-11-6-14-26-18/h1-3,5-6,8-11,14,16H,4,7,12-13,15H2,(H,22,25)/b10-5+. The number of benzene rings is 1. The van der Waals surface area contributed by atoms with Crippen molar-refractivity contribution < 1.29 is 4.42 Å². The van der Waals surface area contributed by atoms with Crippen LogP contribution in [-0.2, 0) is 0 Å². The normalized spacial score (nSPS) is 18.5. The molecular weight excluding hydrogens is 328 g/mol. The molecule has 0 bridgehead atoms. The van der Waals surface area contributed by atoms with E-state index in [9.17, 15) is 4.79 Å². The number of hydrogen-bond acceptors (Lipinski definition) is 4. The number of para-hydroxylation sites is 1. The lowest BCUT2D eigenvalue weighted by atomic mass is 9.97. The highest BCUT2D eigenvalue weighted by molar-refractivity contribution is 5.42. The van der Waals surface area contributed by atoms with Gasteiger partial charge in [0.05, 0.1) is 12.0 Å². The molecule has 0 aliphatic carbocycles. The molecule has 6 nitrogen and oxygen atoms in total. The molecule has 1 aliphatic heterocycles. The molecule has 1 aliphatic rings. The van der Waals surface area contributed by atoms with Crippen LogP contribution < -0.4 is 5.69 Å². The van der Waals surface area contributed by atoms with E-state index in [4.69, 9.17) is 4.42 Å². The van der Waals surface area contributed by atoms with Gasteiger partial charge in [-0.3, -0.25) is 4.90 Å². The zero-order valence-corrected chi connectivity index (χ0v) is 14.5. The first kappa shape index (κ1) is 16.6. The molecule has 0 spiro atoms. The number of nitrogens with one attached hydrogen (secondary N) is 1. The highest BCUT2D eigenvalue weighted by atomic mass is 16.3. The fourth-order valence-electron chi connectivity index (χ4n) is 3.55. The minimum Gasteiger partial charge on any atom is -0.465 e. The van der Waals surface area contributed by atoms with Crippen LogP contribution in [0.4, 0.5) is 0 Å². The van der Waals surface area contributed by atoms with Crippen LogP contribution in [0, 0.1) is 0 Å². The third-order valence-corrected chi connectivity index (χ3v) is 4.77. The van der Waals surface area contributed by atoms with E-state index in [0.717, 1.165) is 49.7 Å². The highest BCUT2D eigenvalue weighted by Gasteiger charge is 2.26. The SMILES string of the molecule is O=c1[nH]nc(C2CCCN(C/C=C/c3ccco3)C2)n1-c1ccccc1. The molecular formula is C20H22N4O2. The number of furan rings is 1. The third-order valence-electron chi connectivity index (χ3n) is 4.77. The van der Waals surface area contributed by atoms with Gasteiger partial charge in [0.15, 0.2) is 0 Å². The summed E-state index contributed by atoms with van der Waals surface area (Å²) in [6.45, 7) is 2.80. The van der Waals surface area contributed by atoms with Crippen molar-refractivity contribution >= 4 is 6.08 Å². The zero-order valence-electron chi connectivity index (χ0n) is 14.5. The van der Waals surface area contributed by atoms with Gasteiger partial charge < -0.3 is 4.42 Å². The molecule has 1 aromatic carbocycles. The van der Waals surface area contributed by atoms with Gasteiger partial charge in [-0.1, -0.05) is 24.3 Å². The van der Waals surface area contributed by atoms with Crippen LogP contribution in [0.25, 0.3) is 11.8 Å². The van der Waals surface area contributed by atoms with Crippen molar-refractivity contribution in [2.24, 2.45) is 0 Å². The number of aromatic amines is 1. The number of aromatic nitrogens is 3. The molecule has 6 heteroatoms. The fraction of sp³-hybridized carbons (Fsp3) is 0.300. The van der Waals surface area contributed by atoms with Gasteiger partial charge in [0.25, 0.3) is 0 Å². The van der Waals surface area contributed by atoms with Crippen LogP contribution in [0.3, 0.4) is 0 Å². The molecule has 1 saturated heterocycles. The monoisotopic (exact) mass is 350 g/mol. The van der Waals surface area contributed by atoms with Crippen molar-refractivity contribution in [2.45, 2.75) is 18.8 Å². The Morgan fingerprint density at radius 1 is 1.23 bits per heavy atom. The molecule has 1 N–H and O–H groups in total. The van der Waals surface area contributed by atoms with Gasteiger partial charge in [-0.05, 0) is 49.7 Å². The Kier molecular flexibility index (Phi) is 4.84. The Hall–Kier alpha value is -2.86. The maximum atomic E-state index is 12.3. The summed E-state index contributed by atoms with van der Waals surface area (Å²) in [5.41, 5.74) is 0.678. The fourth-order valence-corrected chi connectivity index (χ4v) is 3.55. The molecule has 0 amide bonds. The van der Waals surface area contributed by atoms with E-state index in [1.807, 2.05) is 48.5 Å². The second-order valence-corrected chi connectivity index (χ2v) is 6.57. The summed E-state index contributed by atoms with van der Waals surface area (Å²) in [4.78, 5) is 14.7. The van der Waals surface area contributed by atoms with Crippen molar-refractivity contribution in [1.82, 2.24) is 19.7 Å². The molecule has 1 fully saturated rings. The van der Waals surface area contributed by atoms with E-state index in [1.165, 1.54) is 0 Å². The lowest BCUT2D eigenvalue weighted by Crippen LogP contribution is -2.35. The highest BCUT2D eigenvalue weighted by Crippen LogP contribution is 2.26. The molecule has 2 aromatic heterocycles. The number of rotatable bonds is 5. The van der Waals surface area contributed by atoms with E-state index in [-0.39, 0.29) is 11.6 Å². The molecule has 0 saturated carbocycles. The quantitative estimate of drug-likeness (QED) is 0.768. The van der Waals surface area contributed by atoms with E-state index in [2.05, 4.69) is 21.2 Å². The molecule has 134 valence electrons. The van der Waals surface area contributed by atoms with Crippen LogP contribution >= 0.6 is 0 Å². The lowest BCUT2D eigenvalue weighted by Gasteiger charge is -2.31. The van der Waals surface area contributed by atoms with Gasteiger partial charge in [-0.15, -0.1) is 0 Å². The largest absolute Gasteiger partial charge is 0.465 e. The molecule has 0 radical (unpaired) electrons. The Balaban J connectivity index is 1.49. The van der Waals surface area contributed by atoms with Gasteiger partial charge in [0.1, 0.15) is 11.6 Å². The predicted octanol–water partition coefficient (Wildman–Crippen LogP) is 3.05. The first-order chi connectivity index (χ1) is 12.8. The zero-order chi connectivity index (χ0) is 17.8. The molecule has 26 heavy (non-hydrogen) atoms. The minimum atomic E-state index is -0.180. The van der Waals surface area contributed by atoms with Crippen LogP contribution in [0.1, 0.15) is 30.3 Å². The Bertz CT molecular complexity index is 909. The van der Waals surface area contributed by atoms with Crippen molar-refractivity contribution in [1.29, 1.82) is 0 Å². The van der Waals surface area contributed by atoms with Crippen LogP contribution in [0.2, 0.25) is 0 Å². The molecule has 3 heterocycles. The van der Waals surface area contributed by atoms with E-state index in [1.54, 1.807) is 10.8 Å². The summed E-state index contributed by atoms with van der Waals surface area (Å²) >= 11 is 0. The van der Waals surface area contributed by atoms with Gasteiger partial charge in [-0.2, -0.15) is 5.10 Å². The van der Waals surface area contributed by atoms with E-state index < -0.39 is 0 Å². The summed E-state index contributed by atoms with van der Waals surface area (Å²) < 4.78 is 7.02. The van der Waals surface area contributed by atoms with Crippen molar-refractivity contribution in [3.05, 3.63) is 76.9 Å². The van der Waals surface area contributed by atoms with Gasteiger partial charge in [0.2, 0.25) is 0 Å². The van der Waals surface area contributed by atoms with Crippen LogP contribution in [-0.4, -0.2) is 39.3 Å². The summed E-state index contributed by atoms with van der Waals surface area (Å²) in [5, 5.41) is 6.96. The second-order valence-electron chi connectivity index (χ2n) is 6.57. The number of likely N-dealkylation sites (tertiary alicyclic amines) is 1. The van der Waals surface area contributed by atoms with Crippen LogP contribution in [0.5, 0.6) is 0 Å². The lowest BCUT2D eigenvalue weighted by molar-refractivity contribution is 0.223. The molecule has 4 rings (SSSR count). The first-order valence-corrected chi connectivity index (χ1v) is 8.96.